The third-order valence-corrected chi connectivity index (χ3v) is 4.88. The zero-order chi connectivity index (χ0) is 13.0. The molecule has 3 N–H and O–H groups in total. The largest absolute Gasteiger partial charge is 0.353 e. The Labute approximate surface area is 111 Å². The number of carbonyl (C=O) groups is 1. The van der Waals surface area contributed by atoms with Crippen molar-refractivity contribution in [2.75, 3.05) is 0 Å². The van der Waals surface area contributed by atoms with E-state index in [1.165, 1.54) is 38.5 Å². The Hall–Kier alpha value is -0.570. The molecule has 0 aromatic carbocycles. The second kappa shape index (κ2) is 6.55. The number of hydrogen-bond donors (Lipinski definition) is 2. The normalized spacial score (nSPS) is 31.9. The Kier molecular flexibility index (Phi) is 5.04. The van der Waals surface area contributed by atoms with Gasteiger partial charge in [-0.1, -0.05) is 32.1 Å². The van der Waals surface area contributed by atoms with E-state index in [2.05, 4.69) is 12.2 Å². The molecule has 0 spiro atoms. The van der Waals surface area contributed by atoms with Gasteiger partial charge in [-0.15, -0.1) is 0 Å². The van der Waals surface area contributed by atoms with Crippen molar-refractivity contribution < 1.29 is 4.79 Å². The molecule has 2 rings (SSSR count). The fourth-order valence-electron chi connectivity index (χ4n) is 3.57. The van der Waals surface area contributed by atoms with Crippen molar-refractivity contribution in [2.45, 2.75) is 76.8 Å². The lowest BCUT2D eigenvalue weighted by molar-refractivity contribution is -0.126. The zero-order valence-electron chi connectivity index (χ0n) is 11.7. The fourth-order valence-corrected chi connectivity index (χ4v) is 3.57. The topological polar surface area (TPSA) is 55.1 Å². The van der Waals surface area contributed by atoms with E-state index in [4.69, 9.17) is 5.73 Å². The molecule has 1 amide bonds. The van der Waals surface area contributed by atoms with Crippen LogP contribution < -0.4 is 11.1 Å². The van der Waals surface area contributed by atoms with E-state index in [1.807, 2.05) is 0 Å². The van der Waals surface area contributed by atoms with Crippen molar-refractivity contribution in [2.24, 2.45) is 17.6 Å². The number of nitrogens with one attached hydrogen (secondary N) is 1. The standard InChI is InChI=1S/C15H28N2O/c1-11(12-7-5-6-8-12)17-15(18)13-9-3-2-4-10-14(13)16/h11-14H,2-10,16H2,1H3,(H,17,18)/t11-,13?,14?/m1/s1. The van der Waals surface area contributed by atoms with Crippen LogP contribution in [0.3, 0.4) is 0 Å². The smallest absolute Gasteiger partial charge is 0.224 e. The summed E-state index contributed by atoms with van der Waals surface area (Å²) in [4.78, 5) is 12.3. The number of amides is 1. The van der Waals surface area contributed by atoms with Gasteiger partial charge in [-0.3, -0.25) is 4.79 Å². The van der Waals surface area contributed by atoms with Gasteiger partial charge in [-0.2, -0.15) is 0 Å². The van der Waals surface area contributed by atoms with Gasteiger partial charge in [0.05, 0.1) is 5.92 Å². The molecule has 0 aromatic rings. The number of hydrogen-bond acceptors (Lipinski definition) is 2. The van der Waals surface area contributed by atoms with Crippen LogP contribution in [0.2, 0.25) is 0 Å². The molecule has 0 heterocycles. The summed E-state index contributed by atoms with van der Waals surface area (Å²) in [6, 6.07) is 0.402. The van der Waals surface area contributed by atoms with Gasteiger partial charge < -0.3 is 11.1 Å². The highest BCUT2D eigenvalue weighted by atomic mass is 16.2. The molecule has 0 aromatic heterocycles. The molecule has 2 aliphatic carbocycles. The number of rotatable bonds is 3. The van der Waals surface area contributed by atoms with Crippen LogP contribution in [0.5, 0.6) is 0 Å². The Morgan fingerprint density at radius 2 is 1.67 bits per heavy atom. The average molecular weight is 252 g/mol. The van der Waals surface area contributed by atoms with E-state index >= 15 is 0 Å². The first-order valence-corrected chi connectivity index (χ1v) is 7.74. The molecule has 3 atom stereocenters. The van der Waals surface area contributed by atoms with Gasteiger partial charge in [0.1, 0.15) is 0 Å². The van der Waals surface area contributed by atoms with E-state index in [-0.39, 0.29) is 17.9 Å². The first kappa shape index (κ1) is 13.9. The van der Waals surface area contributed by atoms with Crippen LogP contribution in [0.4, 0.5) is 0 Å². The van der Waals surface area contributed by atoms with Gasteiger partial charge in [-0.05, 0) is 38.5 Å². The Balaban J connectivity index is 1.85. The lowest BCUT2D eigenvalue weighted by Crippen LogP contribution is -2.46. The van der Waals surface area contributed by atoms with Crippen LogP contribution >= 0.6 is 0 Å². The van der Waals surface area contributed by atoms with Crippen LogP contribution in [0.1, 0.15) is 64.7 Å². The molecule has 2 unspecified atom stereocenters. The summed E-state index contributed by atoms with van der Waals surface area (Å²) in [7, 11) is 0. The average Bonchev–Trinajstić information content (AvgIpc) is 2.79. The third kappa shape index (κ3) is 3.47. The molecule has 18 heavy (non-hydrogen) atoms. The highest BCUT2D eigenvalue weighted by Gasteiger charge is 2.30. The maximum Gasteiger partial charge on any atom is 0.224 e. The number of carbonyl (C=O) groups excluding carboxylic acids is 1. The van der Waals surface area contributed by atoms with Crippen molar-refractivity contribution in [1.82, 2.24) is 5.32 Å². The van der Waals surface area contributed by atoms with Gasteiger partial charge >= 0.3 is 0 Å². The van der Waals surface area contributed by atoms with Crippen molar-refractivity contribution in [3.8, 4) is 0 Å². The second-order valence-corrected chi connectivity index (χ2v) is 6.25. The van der Waals surface area contributed by atoms with Crippen LogP contribution in [0.25, 0.3) is 0 Å². The van der Waals surface area contributed by atoms with Gasteiger partial charge in [0.25, 0.3) is 0 Å². The van der Waals surface area contributed by atoms with Crippen molar-refractivity contribution in [3.05, 3.63) is 0 Å². The molecule has 2 aliphatic rings. The van der Waals surface area contributed by atoms with E-state index in [0.717, 1.165) is 19.3 Å². The fraction of sp³-hybridized carbons (Fsp3) is 0.933. The Morgan fingerprint density at radius 1 is 1.06 bits per heavy atom. The molecule has 3 nitrogen and oxygen atoms in total. The summed E-state index contributed by atoms with van der Waals surface area (Å²) < 4.78 is 0. The second-order valence-electron chi connectivity index (χ2n) is 6.25. The van der Waals surface area contributed by atoms with Crippen molar-refractivity contribution >= 4 is 5.91 Å². The maximum absolute atomic E-state index is 12.3. The molecule has 2 fully saturated rings. The third-order valence-electron chi connectivity index (χ3n) is 4.88. The molecule has 3 heteroatoms. The molecule has 104 valence electrons. The summed E-state index contributed by atoms with van der Waals surface area (Å²) >= 11 is 0. The summed E-state index contributed by atoms with van der Waals surface area (Å²) in [5, 5.41) is 3.23. The van der Waals surface area contributed by atoms with Crippen molar-refractivity contribution in [1.29, 1.82) is 0 Å². The first-order chi connectivity index (χ1) is 8.68. The highest BCUT2D eigenvalue weighted by Crippen LogP contribution is 2.28. The van der Waals surface area contributed by atoms with Crippen LogP contribution in [0.15, 0.2) is 0 Å². The van der Waals surface area contributed by atoms with Crippen molar-refractivity contribution in [3.63, 3.8) is 0 Å². The monoisotopic (exact) mass is 252 g/mol. The lowest BCUT2D eigenvalue weighted by Gasteiger charge is -2.26. The van der Waals surface area contributed by atoms with E-state index in [1.54, 1.807) is 0 Å². The van der Waals surface area contributed by atoms with Crippen LogP contribution in [-0.2, 0) is 4.79 Å². The zero-order valence-corrected chi connectivity index (χ0v) is 11.7. The van der Waals surface area contributed by atoms with E-state index < -0.39 is 0 Å². The van der Waals surface area contributed by atoms with Crippen LogP contribution in [0, 0.1) is 11.8 Å². The van der Waals surface area contributed by atoms with E-state index in [0.29, 0.717) is 12.0 Å². The summed E-state index contributed by atoms with van der Waals surface area (Å²) in [5.74, 6) is 0.955. The van der Waals surface area contributed by atoms with Gasteiger partial charge in [0, 0.05) is 12.1 Å². The molecular formula is C15H28N2O. The quantitative estimate of drug-likeness (QED) is 0.759. The Morgan fingerprint density at radius 3 is 2.39 bits per heavy atom. The summed E-state index contributed by atoms with van der Waals surface area (Å²) in [6.07, 6.45) is 10.8. The molecule has 0 aliphatic heterocycles. The summed E-state index contributed by atoms with van der Waals surface area (Å²) in [5.41, 5.74) is 6.15. The minimum Gasteiger partial charge on any atom is -0.353 e. The molecule has 2 saturated carbocycles. The molecular weight excluding hydrogens is 224 g/mol. The van der Waals surface area contributed by atoms with Crippen LogP contribution in [-0.4, -0.2) is 18.0 Å². The molecule has 0 bridgehead atoms. The Bertz CT molecular complexity index is 274. The first-order valence-electron chi connectivity index (χ1n) is 7.74. The van der Waals surface area contributed by atoms with E-state index in [9.17, 15) is 4.79 Å². The highest BCUT2D eigenvalue weighted by molar-refractivity contribution is 5.79. The maximum atomic E-state index is 12.3. The molecule has 0 saturated heterocycles. The predicted molar refractivity (Wildman–Crippen MR) is 74.1 cm³/mol. The predicted octanol–water partition coefficient (Wildman–Crippen LogP) is 2.59. The number of nitrogens with two attached hydrogens (primary N) is 1. The SMILES string of the molecule is C[C@@H](NC(=O)C1CCCCCC1N)C1CCCC1. The lowest BCUT2D eigenvalue weighted by atomic mass is 9.93. The minimum atomic E-state index is 0.0522. The van der Waals surface area contributed by atoms with Gasteiger partial charge in [0.15, 0.2) is 0 Å². The minimum absolute atomic E-state index is 0.0522. The van der Waals surface area contributed by atoms with Gasteiger partial charge in [0.2, 0.25) is 5.91 Å². The summed E-state index contributed by atoms with van der Waals surface area (Å²) in [6.45, 7) is 2.16. The van der Waals surface area contributed by atoms with Gasteiger partial charge in [-0.25, -0.2) is 0 Å². The molecule has 0 radical (unpaired) electrons.